The molecule has 1 rings (SSSR count). The van der Waals surface area contributed by atoms with Gasteiger partial charge in [0.15, 0.2) is 0 Å². The molecule has 1 aromatic rings. The molecule has 1 heterocycles. The predicted octanol–water partition coefficient (Wildman–Crippen LogP) is -0.0347. The summed E-state index contributed by atoms with van der Waals surface area (Å²) in [5.74, 6) is 0.0522. The largest absolute Gasteiger partial charge is 0.467 e. The van der Waals surface area contributed by atoms with E-state index in [2.05, 4.69) is 20.3 Å². The van der Waals surface area contributed by atoms with Gasteiger partial charge in [-0.3, -0.25) is 5.10 Å². The Bertz CT molecular complexity index is 296. The molecule has 0 aromatic carbocycles. The van der Waals surface area contributed by atoms with Crippen LogP contribution in [0, 0.1) is 0 Å². The van der Waals surface area contributed by atoms with E-state index in [1.807, 2.05) is 0 Å². The second-order valence-corrected chi connectivity index (χ2v) is 2.59. The number of hydrogen-bond donors (Lipinski definition) is 3. The first kappa shape index (κ1) is 9.37. The smallest absolute Gasteiger partial charge is 0.327 e. The first-order valence-electron chi connectivity index (χ1n) is 3.78. The van der Waals surface area contributed by atoms with Gasteiger partial charge in [-0.15, -0.1) is 0 Å². The number of hydrogen-bond acceptors (Lipinski definition) is 5. The molecule has 1 aromatic heterocycles. The molecule has 0 radical (unpaired) electrons. The highest BCUT2D eigenvalue weighted by Gasteiger charge is 2.14. The SMILES string of the molecule is COC(=O)C(C)Nc1cn[nH]c1N. The maximum absolute atomic E-state index is 11.0. The maximum atomic E-state index is 11.0. The van der Waals surface area contributed by atoms with Crippen LogP contribution in [0.25, 0.3) is 0 Å². The molecule has 0 amide bonds. The highest BCUT2D eigenvalue weighted by atomic mass is 16.5. The summed E-state index contributed by atoms with van der Waals surface area (Å²) < 4.78 is 4.53. The van der Waals surface area contributed by atoms with Gasteiger partial charge in [0.05, 0.1) is 19.0 Å². The predicted molar refractivity (Wildman–Crippen MR) is 48.1 cm³/mol. The van der Waals surface area contributed by atoms with E-state index in [0.29, 0.717) is 11.5 Å². The third kappa shape index (κ3) is 2.11. The lowest BCUT2D eigenvalue weighted by Crippen LogP contribution is -2.27. The number of nitrogen functional groups attached to an aromatic ring is 1. The van der Waals surface area contributed by atoms with Crippen LogP contribution < -0.4 is 11.1 Å². The number of methoxy groups -OCH3 is 1. The van der Waals surface area contributed by atoms with Gasteiger partial charge in [-0.2, -0.15) is 5.10 Å². The molecule has 0 aliphatic carbocycles. The minimum Gasteiger partial charge on any atom is -0.467 e. The molecule has 13 heavy (non-hydrogen) atoms. The normalized spacial score (nSPS) is 12.2. The van der Waals surface area contributed by atoms with Gasteiger partial charge in [0.2, 0.25) is 0 Å². The van der Waals surface area contributed by atoms with Crippen LogP contribution >= 0.6 is 0 Å². The summed E-state index contributed by atoms with van der Waals surface area (Å²) in [7, 11) is 1.33. The number of nitrogens with zero attached hydrogens (tertiary/aromatic N) is 1. The Balaban J connectivity index is 2.59. The summed E-state index contributed by atoms with van der Waals surface area (Å²) in [5, 5.41) is 9.09. The van der Waals surface area contributed by atoms with Gasteiger partial charge in [-0.25, -0.2) is 4.79 Å². The Morgan fingerprint density at radius 3 is 3.00 bits per heavy atom. The number of carbonyl (C=O) groups is 1. The maximum Gasteiger partial charge on any atom is 0.327 e. The van der Waals surface area contributed by atoms with E-state index in [9.17, 15) is 4.79 Å². The van der Waals surface area contributed by atoms with Crippen molar-refractivity contribution in [2.75, 3.05) is 18.2 Å². The summed E-state index contributed by atoms with van der Waals surface area (Å²) in [6.07, 6.45) is 1.51. The summed E-state index contributed by atoms with van der Waals surface area (Å²) in [5.41, 5.74) is 6.09. The number of aromatic amines is 1. The molecule has 72 valence electrons. The highest BCUT2D eigenvalue weighted by Crippen LogP contribution is 2.14. The molecule has 4 N–H and O–H groups in total. The van der Waals surface area contributed by atoms with E-state index >= 15 is 0 Å². The van der Waals surface area contributed by atoms with Gasteiger partial charge in [-0.05, 0) is 6.92 Å². The van der Waals surface area contributed by atoms with E-state index in [4.69, 9.17) is 5.73 Å². The van der Waals surface area contributed by atoms with Gasteiger partial charge in [0.1, 0.15) is 11.9 Å². The molecular weight excluding hydrogens is 172 g/mol. The minimum absolute atomic E-state index is 0.347. The third-order valence-electron chi connectivity index (χ3n) is 1.60. The number of rotatable bonds is 3. The lowest BCUT2D eigenvalue weighted by molar-refractivity contribution is -0.141. The Morgan fingerprint density at radius 1 is 1.85 bits per heavy atom. The van der Waals surface area contributed by atoms with Gasteiger partial charge in [0, 0.05) is 0 Å². The van der Waals surface area contributed by atoms with Gasteiger partial charge < -0.3 is 15.8 Å². The first-order valence-corrected chi connectivity index (χ1v) is 3.78. The average molecular weight is 184 g/mol. The molecule has 6 nitrogen and oxygen atoms in total. The standard InChI is InChI=1S/C7H12N4O2/c1-4(7(12)13-2)10-5-3-9-11-6(5)8/h3-4,10H,1-2H3,(H3,8,9,11). The molecule has 0 aliphatic rings. The number of H-pyrrole nitrogens is 1. The Morgan fingerprint density at radius 2 is 2.54 bits per heavy atom. The highest BCUT2D eigenvalue weighted by molar-refractivity contribution is 5.79. The molecule has 0 aliphatic heterocycles. The van der Waals surface area contributed by atoms with Gasteiger partial charge >= 0.3 is 5.97 Å². The number of esters is 1. The minimum atomic E-state index is -0.440. The number of anilines is 2. The van der Waals surface area contributed by atoms with Crippen LogP contribution in [0.3, 0.4) is 0 Å². The summed E-state index contributed by atoms with van der Waals surface area (Å²) in [6, 6.07) is -0.440. The van der Waals surface area contributed by atoms with Crippen molar-refractivity contribution >= 4 is 17.5 Å². The number of nitrogens with two attached hydrogens (primary N) is 1. The second-order valence-electron chi connectivity index (χ2n) is 2.59. The van der Waals surface area contributed by atoms with Crippen LogP contribution in [0.1, 0.15) is 6.92 Å². The van der Waals surface area contributed by atoms with Crippen LogP contribution in [0.5, 0.6) is 0 Å². The summed E-state index contributed by atoms with van der Waals surface area (Å²) in [4.78, 5) is 11.0. The van der Waals surface area contributed by atoms with E-state index in [-0.39, 0.29) is 5.97 Å². The number of aromatic nitrogens is 2. The van der Waals surface area contributed by atoms with E-state index in [0.717, 1.165) is 0 Å². The van der Waals surface area contributed by atoms with Gasteiger partial charge in [0.25, 0.3) is 0 Å². The lowest BCUT2D eigenvalue weighted by Gasteiger charge is -2.10. The molecule has 0 spiro atoms. The van der Waals surface area contributed by atoms with E-state index in [1.54, 1.807) is 6.92 Å². The molecule has 0 saturated heterocycles. The van der Waals surface area contributed by atoms with Crippen LogP contribution in [-0.2, 0) is 9.53 Å². The Kier molecular flexibility index (Phi) is 2.73. The van der Waals surface area contributed by atoms with Gasteiger partial charge in [-0.1, -0.05) is 0 Å². The van der Waals surface area contributed by atoms with Crippen LogP contribution in [-0.4, -0.2) is 29.3 Å². The monoisotopic (exact) mass is 184 g/mol. The number of ether oxygens (including phenoxy) is 1. The topological polar surface area (TPSA) is 93.0 Å². The molecule has 0 fully saturated rings. The van der Waals surface area contributed by atoms with Crippen molar-refractivity contribution in [3.63, 3.8) is 0 Å². The van der Waals surface area contributed by atoms with Crippen molar-refractivity contribution < 1.29 is 9.53 Å². The third-order valence-corrected chi connectivity index (χ3v) is 1.60. The van der Waals surface area contributed by atoms with Crippen LogP contribution in [0.2, 0.25) is 0 Å². The molecule has 1 unspecified atom stereocenters. The summed E-state index contributed by atoms with van der Waals surface area (Å²) in [6.45, 7) is 1.68. The number of nitrogens with one attached hydrogen (secondary N) is 2. The van der Waals surface area contributed by atoms with E-state index < -0.39 is 6.04 Å². The fraction of sp³-hybridized carbons (Fsp3) is 0.429. The lowest BCUT2D eigenvalue weighted by atomic mass is 10.3. The average Bonchev–Trinajstić information content (AvgIpc) is 2.50. The van der Waals surface area contributed by atoms with Crippen molar-refractivity contribution in [1.82, 2.24) is 10.2 Å². The zero-order chi connectivity index (χ0) is 9.84. The molecule has 6 heteroatoms. The Labute approximate surface area is 75.5 Å². The van der Waals surface area contributed by atoms with Crippen molar-refractivity contribution in [2.45, 2.75) is 13.0 Å². The van der Waals surface area contributed by atoms with Crippen LogP contribution in [0.15, 0.2) is 6.20 Å². The first-order chi connectivity index (χ1) is 6.15. The quantitative estimate of drug-likeness (QED) is 0.573. The molecular formula is C7H12N4O2. The molecule has 1 atom stereocenters. The van der Waals surface area contributed by atoms with E-state index in [1.165, 1.54) is 13.3 Å². The van der Waals surface area contributed by atoms with Crippen molar-refractivity contribution in [3.8, 4) is 0 Å². The van der Waals surface area contributed by atoms with Crippen molar-refractivity contribution in [2.24, 2.45) is 0 Å². The van der Waals surface area contributed by atoms with Crippen molar-refractivity contribution in [3.05, 3.63) is 6.20 Å². The molecule has 0 saturated carbocycles. The molecule has 0 bridgehead atoms. The number of carbonyl (C=O) groups excluding carboxylic acids is 1. The van der Waals surface area contributed by atoms with Crippen LogP contribution in [0.4, 0.5) is 11.5 Å². The van der Waals surface area contributed by atoms with Crippen molar-refractivity contribution in [1.29, 1.82) is 0 Å². The summed E-state index contributed by atoms with van der Waals surface area (Å²) >= 11 is 0. The fourth-order valence-electron chi connectivity index (χ4n) is 0.880. The Hall–Kier alpha value is -1.72. The zero-order valence-corrected chi connectivity index (χ0v) is 7.50. The second kappa shape index (κ2) is 3.79. The zero-order valence-electron chi connectivity index (χ0n) is 7.50. The fourth-order valence-corrected chi connectivity index (χ4v) is 0.880.